The van der Waals surface area contributed by atoms with Crippen LogP contribution in [0.3, 0.4) is 0 Å². The van der Waals surface area contributed by atoms with Crippen molar-refractivity contribution in [1.29, 1.82) is 0 Å². The van der Waals surface area contributed by atoms with Crippen LogP contribution >= 0.6 is 0 Å². The molecule has 0 aromatic heterocycles. The van der Waals surface area contributed by atoms with Gasteiger partial charge in [-0.05, 0) is 45.2 Å². The second kappa shape index (κ2) is 7.31. The number of rotatable bonds is 4. The number of nitro groups is 1. The van der Waals surface area contributed by atoms with E-state index in [0.717, 1.165) is 0 Å². The van der Waals surface area contributed by atoms with Crippen LogP contribution < -0.4 is 10.2 Å². The minimum absolute atomic E-state index is 0.0608. The van der Waals surface area contributed by atoms with Gasteiger partial charge in [0.15, 0.2) is 0 Å². The predicted octanol–water partition coefficient (Wildman–Crippen LogP) is 2.65. The minimum atomic E-state index is -0.370. The number of anilines is 2. The molecule has 1 aromatic rings. The number of hydrogen-bond acceptors (Lipinski definition) is 6. The van der Waals surface area contributed by atoms with Crippen molar-refractivity contribution in [2.45, 2.75) is 45.6 Å². The Bertz CT molecular complexity index is 739. The van der Waals surface area contributed by atoms with Gasteiger partial charge >= 0.3 is 5.97 Å². The number of benzene rings is 1. The quantitative estimate of drug-likeness (QED) is 0.502. The maximum Gasteiger partial charge on any atom is 0.309 e. The van der Waals surface area contributed by atoms with Crippen LogP contribution in [0, 0.1) is 16.0 Å². The summed E-state index contributed by atoms with van der Waals surface area (Å²) in [4.78, 5) is 36.9. The largest absolute Gasteiger partial charge is 0.463 e. The van der Waals surface area contributed by atoms with E-state index in [-0.39, 0.29) is 40.9 Å². The summed E-state index contributed by atoms with van der Waals surface area (Å²) in [6, 6.07) is 3.42. The van der Waals surface area contributed by atoms with Crippen molar-refractivity contribution in [3.8, 4) is 0 Å². The summed E-state index contributed by atoms with van der Waals surface area (Å²) in [5.41, 5.74) is 1.71. The number of nitrogens with zero attached hydrogens (tertiary/aromatic N) is 2. The monoisotopic (exact) mass is 361 g/mol. The number of piperidine rings is 1. The SMILES string of the molecule is CC(C)OC(=O)C1CCN(c2ccc3c(c2[N+](=O)[O-])CCC(=O)N3)CC1. The fourth-order valence-electron chi connectivity index (χ4n) is 3.59. The predicted molar refractivity (Wildman–Crippen MR) is 96.2 cm³/mol. The van der Waals surface area contributed by atoms with E-state index in [0.29, 0.717) is 49.3 Å². The Morgan fingerprint density at radius 3 is 2.62 bits per heavy atom. The highest BCUT2D eigenvalue weighted by Gasteiger charge is 2.33. The van der Waals surface area contributed by atoms with E-state index < -0.39 is 0 Å². The standard InChI is InChI=1S/C18H23N3O5/c1-11(2)26-18(23)12-7-9-20(10-8-12)15-5-4-14-13(17(15)21(24)25)3-6-16(22)19-14/h4-5,11-12H,3,6-10H2,1-2H3,(H,19,22). The van der Waals surface area contributed by atoms with Gasteiger partial charge in [0.25, 0.3) is 5.69 Å². The minimum Gasteiger partial charge on any atom is -0.463 e. The summed E-state index contributed by atoms with van der Waals surface area (Å²) in [6.07, 6.45) is 1.69. The lowest BCUT2D eigenvalue weighted by atomic mass is 9.94. The number of amides is 1. The molecule has 3 rings (SSSR count). The molecule has 1 amide bonds. The van der Waals surface area contributed by atoms with Gasteiger partial charge in [-0.2, -0.15) is 0 Å². The number of hydrogen-bond donors (Lipinski definition) is 1. The van der Waals surface area contributed by atoms with Crippen molar-refractivity contribution in [2.75, 3.05) is 23.3 Å². The van der Waals surface area contributed by atoms with Gasteiger partial charge in [0, 0.05) is 19.5 Å². The van der Waals surface area contributed by atoms with Crippen LogP contribution in [0.5, 0.6) is 0 Å². The van der Waals surface area contributed by atoms with E-state index in [1.165, 1.54) is 0 Å². The van der Waals surface area contributed by atoms with E-state index in [1.54, 1.807) is 12.1 Å². The molecule has 1 saturated heterocycles. The highest BCUT2D eigenvalue weighted by atomic mass is 16.6. The molecule has 8 heteroatoms. The number of carbonyl (C=O) groups excluding carboxylic acids is 2. The van der Waals surface area contributed by atoms with E-state index >= 15 is 0 Å². The van der Waals surface area contributed by atoms with Crippen molar-refractivity contribution in [3.63, 3.8) is 0 Å². The number of carbonyl (C=O) groups is 2. The molecule has 1 aromatic carbocycles. The molecule has 2 heterocycles. The van der Waals surface area contributed by atoms with Crippen LogP contribution in [0.1, 0.15) is 38.7 Å². The zero-order valence-electron chi connectivity index (χ0n) is 15.0. The van der Waals surface area contributed by atoms with Crippen molar-refractivity contribution >= 4 is 28.9 Å². The summed E-state index contributed by atoms with van der Waals surface area (Å²) in [5.74, 6) is -0.476. The molecule has 0 saturated carbocycles. The molecule has 0 spiro atoms. The number of nitro benzene ring substituents is 1. The van der Waals surface area contributed by atoms with Gasteiger partial charge in [0.05, 0.1) is 28.2 Å². The normalized spacial score (nSPS) is 17.7. The van der Waals surface area contributed by atoms with Crippen LogP contribution in [0.15, 0.2) is 12.1 Å². The third-order valence-electron chi connectivity index (χ3n) is 4.84. The fourth-order valence-corrected chi connectivity index (χ4v) is 3.59. The number of nitrogens with one attached hydrogen (secondary N) is 1. The molecular weight excluding hydrogens is 338 g/mol. The van der Waals surface area contributed by atoms with Crippen molar-refractivity contribution in [2.24, 2.45) is 5.92 Å². The van der Waals surface area contributed by atoms with Gasteiger partial charge in [0.1, 0.15) is 5.69 Å². The summed E-state index contributed by atoms with van der Waals surface area (Å²) < 4.78 is 5.27. The molecule has 0 atom stereocenters. The zero-order chi connectivity index (χ0) is 18.8. The average molecular weight is 361 g/mol. The highest BCUT2D eigenvalue weighted by Crippen LogP contribution is 2.40. The van der Waals surface area contributed by atoms with Crippen molar-refractivity contribution < 1.29 is 19.2 Å². The van der Waals surface area contributed by atoms with Gasteiger partial charge in [-0.25, -0.2) is 0 Å². The third-order valence-corrected chi connectivity index (χ3v) is 4.84. The van der Waals surface area contributed by atoms with E-state index in [2.05, 4.69) is 5.32 Å². The van der Waals surface area contributed by atoms with Crippen LogP contribution in [-0.4, -0.2) is 36.0 Å². The Kier molecular flexibility index (Phi) is 5.11. The Morgan fingerprint density at radius 1 is 1.31 bits per heavy atom. The smallest absolute Gasteiger partial charge is 0.309 e. The summed E-state index contributed by atoms with van der Waals surface area (Å²) in [7, 11) is 0. The maximum atomic E-state index is 12.1. The molecule has 8 nitrogen and oxygen atoms in total. The molecule has 0 aliphatic carbocycles. The molecule has 140 valence electrons. The maximum absolute atomic E-state index is 12.1. The summed E-state index contributed by atoms with van der Waals surface area (Å²) >= 11 is 0. The molecule has 26 heavy (non-hydrogen) atoms. The molecule has 0 radical (unpaired) electrons. The van der Waals surface area contributed by atoms with Crippen LogP contribution in [0.2, 0.25) is 0 Å². The topological polar surface area (TPSA) is 102 Å². The molecule has 1 fully saturated rings. The van der Waals surface area contributed by atoms with E-state index in [4.69, 9.17) is 4.74 Å². The van der Waals surface area contributed by atoms with E-state index in [9.17, 15) is 19.7 Å². The van der Waals surface area contributed by atoms with Gasteiger partial charge in [0.2, 0.25) is 5.91 Å². The second-order valence-electron chi connectivity index (χ2n) is 7.01. The zero-order valence-corrected chi connectivity index (χ0v) is 15.0. The van der Waals surface area contributed by atoms with Crippen LogP contribution in [-0.2, 0) is 20.7 Å². The van der Waals surface area contributed by atoms with Gasteiger partial charge in [-0.1, -0.05) is 0 Å². The Morgan fingerprint density at radius 2 is 2.00 bits per heavy atom. The molecule has 2 aliphatic rings. The van der Waals surface area contributed by atoms with Crippen molar-refractivity contribution in [1.82, 2.24) is 0 Å². The molecular formula is C18H23N3O5. The number of ether oxygens (including phenoxy) is 1. The lowest BCUT2D eigenvalue weighted by Crippen LogP contribution is -2.38. The first-order chi connectivity index (χ1) is 12.4. The molecule has 2 aliphatic heterocycles. The third kappa shape index (κ3) is 3.63. The lowest BCUT2D eigenvalue weighted by molar-refractivity contribution is -0.384. The second-order valence-corrected chi connectivity index (χ2v) is 7.01. The van der Waals surface area contributed by atoms with Crippen LogP contribution in [0.25, 0.3) is 0 Å². The van der Waals surface area contributed by atoms with Gasteiger partial charge < -0.3 is 15.0 Å². The highest BCUT2D eigenvalue weighted by molar-refractivity contribution is 5.96. The Balaban J connectivity index is 1.79. The fraction of sp³-hybridized carbons (Fsp3) is 0.556. The average Bonchev–Trinajstić information content (AvgIpc) is 2.60. The van der Waals surface area contributed by atoms with Crippen LogP contribution in [0.4, 0.5) is 17.1 Å². The first kappa shape index (κ1) is 18.2. The number of fused-ring (bicyclic) bond motifs is 1. The Labute approximate surface area is 151 Å². The first-order valence-corrected chi connectivity index (χ1v) is 8.92. The summed E-state index contributed by atoms with van der Waals surface area (Å²) in [5, 5.41) is 14.4. The lowest BCUT2D eigenvalue weighted by Gasteiger charge is -2.33. The summed E-state index contributed by atoms with van der Waals surface area (Å²) in [6.45, 7) is 4.76. The first-order valence-electron chi connectivity index (χ1n) is 8.92. The number of esters is 1. The van der Waals surface area contributed by atoms with Crippen molar-refractivity contribution in [3.05, 3.63) is 27.8 Å². The van der Waals surface area contributed by atoms with Gasteiger partial charge in [-0.3, -0.25) is 19.7 Å². The molecule has 0 bridgehead atoms. The molecule has 1 N–H and O–H groups in total. The van der Waals surface area contributed by atoms with E-state index in [1.807, 2.05) is 18.7 Å². The Hall–Kier alpha value is -2.64. The molecule has 0 unspecified atom stereocenters. The van der Waals surface area contributed by atoms with Gasteiger partial charge in [-0.15, -0.1) is 0 Å².